The average Bonchev–Trinajstić information content (AvgIpc) is 2.94. The molecule has 1 fully saturated rings. The predicted molar refractivity (Wildman–Crippen MR) is 58.0 cm³/mol. The third-order valence-electron chi connectivity index (χ3n) is 2.37. The molecule has 3 N–H and O–H groups in total. The molecule has 4 nitrogen and oxygen atoms in total. The molecule has 1 saturated carbocycles. The zero-order valence-corrected chi connectivity index (χ0v) is 8.58. The summed E-state index contributed by atoms with van der Waals surface area (Å²) in [5.41, 5.74) is 1.58. The highest BCUT2D eigenvalue weighted by Crippen LogP contribution is 2.21. The number of nitrogens with one attached hydrogen (secondary N) is 2. The van der Waals surface area contributed by atoms with Crippen LogP contribution in [0.1, 0.15) is 18.4 Å². The maximum atomic E-state index is 11.4. The van der Waals surface area contributed by atoms with E-state index in [4.69, 9.17) is 0 Å². The van der Waals surface area contributed by atoms with Gasteiger partial charge in [-0.05, 0) is 43.5 Å². The lowest BCUT2D eigenvalue weighted by Gasteiger charge is -2.09. The number of rotatable bonds is 2. The summed E-state index contributed by atoms with van der Waals surface area (Å²) < 4.78 is 0. The van der Waals surface area contributed by atoms with Crippen LogP contribution in [0.3, 0.4) is 0 Å². The normalized spacial score (nSPS) is 14.7. The van der Waals surface area contributed by atoms with Crippen molar-refractivity contribution in [3.63, 3.8) is 0 Å². The molecule has 1 aliphatic carbocycles. The van der Waals surface area contributed by atoms with E-state index < -0.39 is 0 Å². The summed E-state index contributed by atoms with van der Waals surface area (Å²) in [6.07, 6.45) is 2.14. The molecule has 1 aromatic carbocycles. The predicted octanol–water partition coefficient (Wildman–Crippen LogP) is 1.98. The number of hydrogen-bond donors (Lipinski definition) is 3. The number of amides is 2. The van der Waals surface area contributed by atoms with E-state index in [2.05, 4.69) is 10.6 Å². The van der Waals surface area contributed by atoms with Gasteiger partial charge in [0, 0.05) is 11.7 Å². The number of hydrogen-bond acceptors (Lipinski definition) is 2. The van der Waals surface area contributed by atoms with Crippen LogP contribution in [0.25, 0.3) is 0 Å². The van der Waals surface area contributed by atoms with Crippen LogP contribution in [0.2, 0.25) is 0 Å². The highest BCUT2D eigenvalue weighted by Gasteiger charge is 2.23. The van der Waals surface area contributed by atoms with Gasteiger partial charge in [-0.3, -0.25) is 0 Å². The maximum absolute atomic E-state index is 11.4. The van der Waals surface area contributed by atoms with Crippen molar-refractivity contribution in [2.24, 2.45) is 0 Å². The molecule has 0 aliphatic heterocycles. The van der Waals surface area contributed by atoms with Gasteiger partial charge in [0.15, 0.2) is 0 Å². The largest absolute Gasteiger partial charge is 0.508 e. The van der Waals surface area contributed by atoms with E-state index in [-0.39, 0.29) is 11.8 Å². The first kappa shape index (κ1) is 9.83. The Bertz CT molecular complexity index is 386. The molecule has 0 heterocycles. The molecule has 0 radical (unpaired) electrons. The quantitative estimate of drug-likeness (QED) is 0.648. The molecule has 2 rings (SSSR count). The molecular weight excluding hydrogens is 192 g/mol. The van der Waals surface area contributed by atoms with Gasteiger partial charge in [-0.2, -0.15) is 0 Å². The summed E-state index contributed by atoms with van der Waals surface area (Å²) in [6.45, 7) is 1.84. The van der Waals surface area contributed by atoms with Gasteiger partial charge in [0.2, 0.25) is 0 Å². The third kappa shape index (κ3) is 2.62. The van der Waals surface area contributed by atoms with Gasteiger partial charge in [0.05, 0.1) is 0 Å². The minimum Gasteiger partial charge on any atom is -0.508 e. The summed E-state index contributed by atoms with van der Waals surface area (Å²) in [6, 6.07) is 5.04. The fraction of sp³-hybridized carbons (Fsp3) is 0.364. The van der Waals surface area contributed by atoms with Crippen molar-refractivity contribution in [2.45, 2.75) is 25.8 Å². The second kappa shape index (κ2) is 3.81. The van der Waals surface area contributed by atoms with Crippen molar-refractivity contribution in [2.75, 3.05) is 5.32 Å². The summed E-state index contributed by atoms with van der Waals surface area (Å²) in [4.78, 5) is 11.4. The Morgan fingerprint density at radius 3 is 2.80 bits per heavy atom. The first-order valence-electron chi connectivity index (χ1n) is 5.02. The summed E-state index contributed by atoms with van der Waals surface area (Å²) in [5, 5.41) is 14.8. The summed E-state index contributed by atoms with van der Waals surface area (Å²) in [7, 11) is 0. The van der Waals surface area contributed by atoms with E-state index in [1.165, 1.54) is 0 Å². The van der Waals surface area contributed by atoms with E-state index in [9.17, 15) is 9.90 Å². The molecule has 0 spiro atoms. The van der Waals surface area contributed by atoms with Crippen molar-refractivity contribution in [3.05, 3.63) is 23.8 Å². The number of carbonyl (C=O) groups excluding carboxylic acids is 1. The number of carbonyl (C=O) groups is 1. The van der Waals surface area contributed by atoms with Gasteiger partial charge in [-0.25, -0.2) is 4.79 Å². The molecule has 2 amide bonds. The lowest BCUT2D eigenvalue weighted by atomic mass is 10.2. The van der Waals surface area contributed by atoms with Gasteiger partial charge >= 0.3 is 6.03 Å². The Labute approximate surface area is 88.3 Å². The number of phenols is 1. The molecule has 0 saturated heterocycles. The Kier molecular flexibility index (Phi) is 2.49. The zero-order valence-electron chi connectivity index (χ0n) is 8.58. The van der Waals surface area contributed by atoms with E-state index in [0.29, 0.717) is 6.04 Å². The molecule has 0 unspecified atom stereocenters. The first-order chi connectivity index (χ1) is 7.15. The Hall–Kier alpha value is -1.71. The van der Waals surface area contributed by atoms with Crippen molar-refractivity contribution in [3.8, 4) is 5.75 Å². The van der Waals surface area contributed by atoms with Gasteiger partial charge in [-0.1, -0.05) is 0 Å². The number of aromatic hydroxyl groups is 1. The van der Waals surface area contributed by atoms with Crippen LogP contribution >= 0.6 is 0 Å². The smallest absolute Gasteiger partial charge is 0.319 e. The standard InChI is InChI=1S/C11H14N2O2/c1-7-6-9(14)4-5-10(7)13-11(15)12-8-2-3-8/h4-6,8,14H,2-3H2,1H3,(H2,12,13,15). The summed E-state index contributed by atoms with van der Waals surface area (Å²) >= 11 is 0. The number of benzene rings is 1. The second-order valence-corrected chi connectivity index (χ2v) is 3.87. The van der Waals surface area contributed by atoms with Crippen molar-refractivity contribution in [1.29, 1.82) is 0 Å². The molecule has 0 atom stereocenters. The first-order valence-corrected chi connectivity index (χ1v) is 5.02. The van der Waals surface area contributed by atoms with Crippen LogP contribution in [0.15, 0.2) is 18.2 Å². The zero-order chi connectivity index (χ0) is 10.8. The highest BCUT2D eigenvalue weighted by atomic mass is 16.3. The minimum absolute atomic E-state index is 0.175. The van der Waals surface area contributed by atoms with E-state index in [0.717, 1.165) is 24.1 Å². The molecule has 4 heteroatoms. The van der Waals surface area contributed by atoms with Crippen molar-refractivity contribution >= 4 is 11.7 Å². The van der Waals surface area contributed by atoms with Crippen LogP contribution in [0, 0.1) is 6.92 Å². The molecular formula is C11H14N2O2. The number of urea groups is 1. The number of aryl methyl sites for hydroxylation is 1. The fourth-order valence-corrected chi connectivity index (χ4v) is 1.36. The van der Waals surface area contributed by atoms with Crippen LogP contribution in [-0.2, 0) is 0 Å². The monoisotopic (exact) mass is 206 g/mol. The van der Waals surface area contributed by atoms with E-state index in [1.54, 1.807) is 18.2 Å². The third-order valence-corrected chi connectivity index (χ3v) is 2.37. The Balaban J connectivity index is 1.99. The van der Waals surface area contributed by atoms with Crippen LogP contribution in [0.5, 0.6) is 5.75 Å². The van der Waals surface area contributed by atoms with E-state index >= 15 is 0 Å². The molecule has 1 aliphatic rings. The topological polar surface area (TPSA) is 61.4 Å². The van der Waals surface area contributed by atoms with E-state index in [1.807, 2.05) is 6.92 Å². The lowest BCUT2D eigenvalue weighted by Crippen LogP contribution is -2.30. The lowest BCUT2D eigenvalue weighted by molar-refractivity contribution is 0.251. The van der Waals surface area contributed by atoms with Crippen LogP contribution in [-0.4, -0.2) is 17.2 Å². The van der Waals surface area contributed by atoms with Crippen molar-refractivity contribution < 1.29 is 9.90 Å². The molecule has 80 valence electrons. The van der Waals surface area contributed by atoms with Crippen LogP contribution < -0.4 is 10.6 Å². The van der Waals surface area contributed by atoms with Gasteiger partial charge in [0.25, 0.3) is 0 Å². The Morgan fingerprint density at radius 2 is 2.20 bits per heavy atom. The second-order valence-electron chi connectivity index (χ2n) is 3.87. The molecule has 15 heavy (non-hydrogen) atoms. The van der Waals surface area contributed by atoms with Crippen LogP contribution in [0.4, 0.5) is 10.5 Å². The SMILES string of the molecule is Cc1cc(O)ccc1NC(=O)NC1CC1. The fourth-order valence-electron chi connectivity index (χ4n) is 1.36. The average molecular weight is 206 g/mol. The van der Waals surface area contributed by atoms with Crippen molar-refractivity contribution in [1.82, 2.24) is 5.32 Å². The Morgan fingerprint density at radius 1 is 1.47 bits per heavy atom. The highest BCUT2D eigenvalue weighted by molar-refractivity contribution is 5.90. The molecule has 0 aromatic heterocycles. The maximum Gasteiger partial charge on any atom is 0.319 e. The molecule has 1 aromatic rings. The molecule has 0 bridgehead atoms. The van der Waals surface area contributed by atoms with Gasteiger partial charge in [0.1, 0.15) is 5.75 Å². The minimum atomic E-state index is -0.175. The van der Waals surface area contributed by atoms with Gasteiger partial charge < -0.3 is 15.7 Å². The van der Waals surface area contributed by atoms with Gasteiger partial charge in [-0.15, -0.1) is 0 Å². The number of phenolic OH excluding ortho intramolecular Hbond substituents is 1. The number of anilines is 1. The summed E-state index contributed by atoms with van der Waals surface area (Å²) in [5.74, 6) is 0.209.